The SMILES string of the molecule is COc1ccc(C2=NN3[C@@H](C2)c2cc(Cl)ccc2O[C@H]3c2cc(OC)ccc2OC)cc1. The lowest BCUT2D eigenvalue weighted by molar-refractivity contribution is -0.0204. The van der Waals surface area contributed by atoms with E-state index in [4.69, 9.17) is 35.6 Å². The molecule has 2 heterocycles. The molecule has 0 fully saturated rings. The van der Waals surface area contributed by atoms with Gasteiger partial charge in [-0.1, -0.05) is 11.6 Å². The summed E-state index contributed by atoms with van der Waals surface area (Å²) < 4.78 is 22.9. The number of benzene rings is 3. The van der Waals surface area contributed by atoms with Gasteiger partial charge in [0, 0.05) is 17.0 Å². The topological polar surface area (TPSA) is 52.5 Å². The van der Waals surface area contributed by atoms with Crippen molar-refractivity contribution < 1.29 is 18.9 Å². The van der Waals surface area contributed by atoms with Crippen LogP contribution in [-0.4, -0.2) is 32.0 Å². The summed E-state index contributed by atoms with van der Waals surface area (Å²) in [6.45, 7) is 0. The van der Waals surface area contributed by atoms with Gasteiger partial charge in [-0.25, -0.2) is 5.01 Å². The summed E-state index contributed by atoms with van der Waals surface area (Å²) >= 11 is 6.33. The van der Waals surface area contributed by atoms with Gasteiger partial charge in [0.1, 0.15) is 23.0 Å². The number of hydrogen-bond donors (Lipinski definition) is 0. The van der Waals surface area contributed by atoms with Gasteiger partial charge in [0.15, 0.2) is 0 Å². The molecule has 2 aliphatic heterocycles. The lowest BCUT2D eigenvalue weighted by atomic mass is 9.95. The largest absolute Gasteiger partial charge is 0.497 e. The molecule has 32 heavy (non-hydrogen) atoms. The second-order valence-corrected chi connectivity index (χ2v) is 8.07. The van der Waals surface area contributed by atoms with Crippen LogP contribution in [0, 0.1) is 0 Å². The Hall–Kier alpha value is -3.38. The van der Waals surface area contributed by atoms with Crippen LogP contribution in [0.25, 0.3) is 0 Å². The van der Waals surface area contributed by atoms with E-state index in [9.17, 15) is 0 Å². The van der Waals surface area contributed by atoms with E-state index in [1.54, 1.807) is 21.3 Å². The van der Waals surface area contributed by atoms with Crippen molar-refractivity contribution >= 4 is 17.3 Å². The molecule has 0 N–H and O–H groups in total. The smallest absolute Gasteiger partial charge is 0.217 e. The maximum absolute atomic E-state index is 6.45. The predicted molar refractivity (Wildman–Crippen MR) is 123 cm³/mol. The fraction of sp³-hybridized carbons (Fsp3) is 0.240. The zero-order valence-corrected chi connectivity index (χ0v) is 18.8. The van der Waals surface area contributed by atoms with Crippen molar-refractivity contribution in [2.75, 3.05) is 21.3 Å². The van der Waals surface area contributed by atoms with Crippen LogP contribution in [0.1, 0.15) is 35.4 Å². The summed E-state index contributed by atoms with van der Waals surface area (Å²) in [5.74, 6) is 3.03. The van der Waals surface area contributed by atoms with E-state index in [0.29, 0.717) is 10.8 Å². The fourth-order valence-electron chi connectivity index (χ4n) is 4.25. The monoisotopic (exact) mass is 450 g/mol. The van der Waals surface area contributed by atoms with Gasteiger partial charge in [-0.2, -0.15) is 5.10 Å². The summed E-state index contributed by atoms with van der Waals surface area (Å²) in [4.78, 5) is 0. The highest BCUT2D eigenvalue weighted by Gasteiger charge is 2.42. The van der Waals surface area contributed by atoms with Crippen molar-refractivity contribution in [3.8, 4) is 23.0 Å². The van der Waals surface area contributed by atoms with Crippen LogP contribution in [-0.2, 0) is 0 Å². The molecule has 0 spiro atoms. The average molecular weight is 451 g/mol. The third kappa shape index (κ3) is 3.50. The Labute approximate surface area is 191 Å². The zero-order valence-electron chi connectivity index (χ0n) is 18.0. The molecule has 5 rings (SSSR count). The molecule has 2 atom stereocenters. The first-order valence-corrected chi connectivity index (χ1v) is 10.7. The number of ether oxygens (including phenoxy) is 4. The van der Waals surface area contributed by atoms with Gasteiger partial charge in [0.2, 0.25) is 6.23 Å². The van der Waals surface area contributed by atoms with Gasteiger partial charge in [-0.15, -0.1) is 0 Å². The van der Waals surface area contributed by atoms with Crippen molar-refractivity contribution in [1.29, 1.82) is 0 Å². The molecule has 6 nitrogen and oxygen atoms in total. The summed E-state index contributed by atoms with van der Waals surface area (Å²) in [5, 5.41) is 7.66. The molecule has 3 aromatic carbocycles. The maximum atomic E-state index is 6.45. The minimum Gasteiger partial charge on any atom is -0.497 e. The van der Waals surface area contributed by atoms with Crippen LogP contribution in [0.15, 0.2) is 65.8 Å². The highest BCUT2D eigenvalue weighted by atomic mass is 35.5. The van der Waals surface area contributed by atoms with Gasteiger partial charge >= 0.3 is 0 Å². The van der Waals surface area contributed by atoms with Gasteiger partial charge < -0.3 is 18.9 Å². The molecular weight excluding hydrogens is 428 g/mol. The molecule has 0 saturated carbocycles. The van der Waals surface area contributed by atoms with E-state index < -0.39 is 6.23 Å². The molecule has 2 aliphatic rings. The average Bonchev–Trinajstić information content (AvgIpc) is 3.29. The van der Waals surface area contributed by atoms with Crippen molar-refractivity contribution in [2.45, 2.75) is 18.7 Å². The molecule has 0 radical (unpaired) electrons. The van der Waals surface area contributed by atoms with E-state index in [-0.39, 0.29) is 6.04 Å². The lowest BCUT2D eigenvalue weighted by Gasteiger charge is -2.38. The minimum atomic E-state index is -0.477. The fourth-order valence-corrected chi connectivity index (χ4v) is 4.43. The molecular formula is C25H23ClN2O4. The highest BCUT2D eigenvalue weighted by molar-refractivity contribution is 6.30. The molecule has 0 aliphatic carbocycles. The van der Waals surface area contributed by atoms with Crippen LogP contribution >= 0.6 is 11.6 Å². The number of hydrazone groups is 1. The number of hydrogen-bond acceptors (Lipinski definition) is 6. The normalized spacial score (nSPS) is 18.9. The van der Waals surface area contributed by atoms with Crippen LogP contribution in [0.2, 0.25) is 5.02 Å². The van der Waals surface area contributed by atoms with E-state index in [0.717, 1.165) is 46.1 Å². The summed E-state index contributed by atoms with van der Waals surface area (Å²) in [6, 6.07) is 19.3. The van der Waals surface area contributed by atoms with Crippen molar-refractivity contribution in [3.05, 3.63) is 82.4 Å². The predicted octanol–water partition coefficient (Wildman–Crippen LogP) is 5.61. The number of halogens is 1. The molecule has 0 bridgehead atoms. The third-order valence-electron chi connectivity index (χ3n) is 5.88. The van der Waals surface area contributed by atoms with E-state index in [2.05, 4.69) is 0 Å². The van der Waals surface area contributed by atoms with Crippen LogP contribution < -0.4 is 18.9 Å². The van der Waals surface area contributed by atoms with Gasteiger partial charge in [-0.3, -0.25) is 0 Å². The number of nitrogens with zero attached hydrogens (tertiary/aromatic N) is 2. The molecule has 0 aromatic heterocycles. The third-order valence-corrected chi connectivity index (χ3v) is 6.11. The quantitative estimate of drug-likeness (QED) is 0.505. The second-order valence-electron chi connectivity index (χ2n) is 7.64. The van der Waals surface area contributed by atoms with E-state index in [1.807, 2.05) is 65.7 Å². The lowest BCUT2D eigenvalue weighted by Crippen LogP contribution is -2.34. The zero-order chi connectivity index (χ0) is 22.2. The van der Waals surface area contributed by atoms with Crippen molar-refractivity contribution in [2.24, 2.45) is 5.10 Å². The highest BCUT2D eigenvalue weighted by Crippen LogP contribution is 2.49. The summed E-state index contributed by atoms with van der Waals surface area (Å²) in [7, 11) is 4.95. The Bertz CT molecular complexity index is 1180. The molecule has 0 saturated heterocycles. The van der Waals surface area contributed by atoms with Crippen LogP contribution in [0.5, 0.6) is 23.0 Å². The Morgan fingerprint density at radius 3 is 2.34 bits per heavy atom. The van der Waals surface area contributed by atoms with Gasteiger partial charge in [0.25, 0.3) is 0 Å². The Morgan fingerprint density at radius 1 is 0.875 bits per heavy atom. The van der Waals surface area contributed by atoms with Gasteiger partial charge in [0.05, 0.1) is 38.6 Å². The summed E-state index contributed by atoms with van der Waals surface area (Å²) in [6.07, 6.45) is 0.251. The summed E-state index contributed by atoms with van der Waals surface area (Å²) in [5.41, 5.74) is 3.88. The first-order valence-electron chi connectivity index (χ1n) is 10.3. The number of rotatable bonds is 5. The standard InChI is InChI=1S/C25H23ClN2O4/c1-29-17-7-4-15(5-8-17)21-14-22-19-12-16(26)6-10-24(19)32-25(28(22)27-21)20-13-18(30-2)9-11-23(20)31-3/h4-13,22,25H,14H2,1-3H3/t22-,25-/m0/s1. The molecule has 164 valence electrons. The van der Waals surface area contributed by atoms with E-state index >= 15 is 0 Å². The molecule has 3 aromatic rings. The first kappa shape index (κ1) is 20.5. The Kier molecular flexibility index (Phi) is 5.31. The number of fused-ring (bicyclic) bond motifs is 3. The molecule has 0 unspecified atom stereocenters. The van der Waals surface area contributed by atoms with Crippen LogP contribution in [0.3, 0.4) is 0 Å². The van der Waals surface area contributed by atoms with Crippen LogP contribution in [0.4, 0.5) is 0 Å². The Balaban J connectivity index is 1.61. The first-order chi connectivity index (χ1) is 15.6. The van der Waals surface area contributed by atoms with E-state index in [1.165, 1.54) is 0 Å². The Morgan fingerprint density at radius 2 is 1.62 bits per heavy atom. The van der Waals surface area contributed by atoms with Crippen molar-refractivity contribution in [3.63, 3.8) is 0 Å². The molecule has 7 heteroatoms. The minimum absolute atomic E-state index is 0.0181. The second kappa shape index (κ2) is 8.28. The maximum Gasteiger partial charge on any atom is 0.217 e. The van der Waals surface area contributed by atoms with Gasteiger partial charge in [-0.05, 0) is 66.2 Å². The molecule has 0 amide bonds. The number of methoxy groups -OCH3 is 3. The van der Waals surface area contributed by atoms with Crippen molar-refractivity contribution in [1.82, 2.24) is 5.01 Å².